The third kappa shape index (κ3) is 0.996. The molecule has 0 aromatic heterocycles. The summed E-state index contributed by atoms with van der Waals surface area (Å²) in [4.78, 5) is 10.4. The SMILES string of the molecule is C#CC1=C(F)CC(=O)C1. The van der Waals surface area contributed by atoms with Crippen molar-refractivity contribution in [3.63, 3.8) is 0 Å². The van der Waals surface area contributed by atoms with E-state index in [9.17, 15) is 9.18 Å². The Hall–Kier alpha value is -1.10. The summed E-state index contributed by atoms with van der Waals surface area (Å²) in [5.74, 6) is 1.58. The average Bonchev–Trinajstić information content (AvgIpc) is 2.10. The molecule has 0 aromatic rings. The van der Waals surface area contributed by atoms with Crippen LogP contribution >= 0.6 is 0 Å². The van der Waals surface area contributed by atoms with Crippen LogP contribution < -0.4 is 0 Å². The molecule has 0 atom stereocenters. The summed E-state index contributed by atoms with van der Waals surface area (Å²) in [5.41, 5.74) is 0.222. The van der Waals surface area contributed by atoms with E-state index in [0.717, 1.165) is 0 Å². The lowest BCUT2D eigenvalue weighted by molar-refractivity contribution is -0.117. The third-order valence-corrected chi connectivity index (χ3v) is 1.23. The van der Waals surface area contributed by atoms with Crippen molar-refractivity contribution >= 4 is 5.78 Å². The van der Waals surface area contributed by atoms with Crippen LogP contribution in [0.5, 0.6) is 0 Å². The van der Waals surface area contributed by atoms with Gasteiger partial charge in [0.1, 0.15) is 11.6 Å². The molecule has 46 valence electrons. The minimum Gasteiger partial charge on any atom is -0.299 e. The number of carbonyl (C=O) groups is 1. The predicted octanol–water partition coefficient (Wildman–Crippen LogP) is 1.21. The minimum atomic E-state index is -0.428. The number of carbonyl (C=O) groups excluding carboxylic acids is 1. The van der Waals surface area contributed by atoms with Gasteiger partial charge in [-0.3, -0.25) is 4.79 Å². The molecule has 0 saturated carbocycles. The molecular weight excluding hydrogens is 119 g/mol. The van der Waals surface area contributed by atoms with Gasteiger partial charge in [0, 0.05) is 12.0 Å². The van der Waals surface area contributed by atoms with Crippen LogP contribution in [0.25, 0.3) is 0 Å². The fraction of sp³-hybridized carbons (Fsp3) is 0.286. The van der Waals surface area contributed by atoms with E-state index in [1.807, 2.05) is 0 Å². The van der Waals surface area contributed by atoms with E-state index in [-0.39, 0.29) is 24.2 Å². The van der Waals surface area contributed by atoms with Crippen molar-refractivity contribution in [3.8, 4) is 12.3 Å². The van der Waals surface area contributed by atoms with E-state index < -0.39 is 5.83 Å². The number of Topliss-reactive ketones (excluding diaryl/α,β-unsaturated/α-hetero) is 1. The molecule has 0 heterocycles. The molecule has 0 unspecified atom stereocenters. The van der Waals surface area contributed by atoms with E-state index in [1.54, 1.807) is 0 Å². The maximum absolute atomic E-state index is 12.4. The summed E-state index contributed by atoms with van der Waals surface area (Å²) in [6.45, 7) is 0. The van der Waals surface area contributed by atoms with Crippen LogP contribution in [-0.2, 0) is 4.79 Å². The monoisotopic (exact) mass is 124 g/mol. The Morgan fingerprint density at radius 1 is 1.56 bits per heavy atom. The Labute approximate surface area is 52.6 Å². The van der Waals surface area contributed by atoms with Crippen LogP contribution in [0.2, 0.25) is 0 Å². The van der Waals surface area contributed by atoms with Gasteiger partial charge in [0.05, 0.1) is 6.42 Å². The van der Waals surface area contributed by atoms with Crippen LogP contribution in [-0.4, -0.2) is 5.78 Å². The zero-order valence-electron chi connectivity index (χ0n) is 4.78. The van der Waals surface area contributed by atoms with Crippen molar-refractivity contribution in [2.24, 2.45) is 0 Å². The molecule has 0 bridgehead atoms. The number of ketones is 1. The van der Waals surface area contributed by atoms with Crippen molar-refractivity contribution < 1.29 is 9.18 Å². The summed E-state index contributed by atoms with van der Waals surface area (Å²) < 4.78 is 12.4. The van der Waals surface area contributed by atoms with E-state index in [0.29, 0.717) is 0 Å². The molecule has 9 heavy (non-hydrogen) atoms. The van der Waals surface area contributed by atoms with Crippen molar-refractivity contribution in [1.82, 2.24) is 0 Å². The van der Waals surface area contributed by atoms with Crippen molar-refractivity contribution in [2.75, 3.05) is 0 Å². The van der Waals surface area contributed by atoms with E-state index in [4.69, 9.17) is 6.42 Å². The van der Waals surface area contributed by atoms with Crippen LogP contribution in [0.3, 0.4) is 0 Å². The molecule has 0 aliphatic heterocycles. The van der Waals surface area contributed by atoms with Crippen molar-refractivity contribution in [3.05, 3.63) is 11.4 Å². The summed E-state index contributed by atoms with van der Waals surface area (Å²) >= 11 is 0. The van der Waals surface area contributed by atoms with Gasteiger partial charge < -0.3 is 0 Å². The molecule has 0 radical (unpaired) electrons. The molecule has 0 fully saturated rings. The summed E-state index contributed by atoms with van der Waals surface area (Å²) in [6, 6.07) is 0. The first-order chi connectivity index (χ1) is 4.24. The first-order valence-corrected chi connectivity index (χ1v) is 2.60. The smallest absolute Gasteiger partial charge is 0.144 e. The highest BCUT2D eigenvalue weighted by atomic mass is 19.1. The second kappa shape index (κ2) is 2.02. The number of hydrogen-bond donors (Lipinski definition) is 0. The molecule has 1 aliphatic carbocycles. The van der Waals surface area contributed by atoms with Gasteiger partial charge in [0.15, 0.2) is 0 Å². The Bertz CT molecular complexity index is 220. The van der Waals surface area contributed by atoms with Gasteiger partial charge in [-0.2, -0.15) is 0 Å². The first-order valence-electron chi connectivity index (χ1n) is 2.60. The number of halogens is 1. The molecule has 1 nitrogen and oxygen atoms in total. The molecule has 0 amide bonds. The van der Waals surface area contributed by atoms with Gasteiger partial charge in [-0.25, -0.2) is 4.39 Å². The Morgan fingerprint density at radius 3 is 2.44 bits per heavy atom. The number of hydrogen-bond acceptors (Lipinski definition) is 1. The zero-order chi connectivity index (χ0) is 6.85. The number of terminal acetylenes is 1. The van der Waals surface area contributed by atoms with Gasteiger partial charge in [-0.05, 0) is 0 Å². The quantitative estimate of drug-likeness (QED) is 0.443. The second-order valence-electron chi connectivity index (χ2n) is 1.92. The molecule has 0 saturated heterocycles. The Kier molecular flexibility index (Phi) is 1.35. The van der Waals surface area contributed by atoms with Crippen LogP contribution in [0, 0.1) is 12.3 Å². The minimum absolute atomic E-state index is 0.0977. The molecule has 0 spiro atoms. The van der Waals surface area contributed by atoms with Crippen LogP contribution in [0.1, 0.15) is 12.8 Å². The third-order valence-electron chi connectivity index (χ3n) is 1.23. The largest absolute Gasteiger partial charge is 0.299 e. The molecule has 0 aromatic carbocycles. The van der Waals surface area contributed by atoms with E-state index in [1.165, 1.54) is 0 Å². The maximum Gasteiger partial charge on any atom is 0.144 e. The topological polar surface area (TPSA) is 17.1 Å². The Balaban J connectivity index is 2.84. The van der Waals surface area contributed by atoms with Gasteiger partial charge in [0.2, 0.25) is 0 Å². The lowest BCUT2D eigenvalue weighted by Gasteiger charge is -1.81. The highest BCUT2D eigenvalue weighted by Gasteiger charge is 2.19. The van der Waals surface area contributed by atoms with Crippen LogP contribution in [0.4, 0.5) is 4.39 Å². The number of allylic oxidation sites excluding steroid dienone is 2. The summed E-state index contributed by atoms with van der Waals surface area (Å²) in [7, 11) is 0. The maximum atomic E-state index is 12.4. The van der Waals surface area contributed by atoms with E-state index >= 15 is 0 Å². The highest BCUT2D eigenvalue weighted by Crippen LogP contribution is 2.22. The lowest BCUT2D eigenvalue weighted by atomic mass is 10.2. The van der Waals surface area contributed by atoms with Gasteiger partial charge >= 0.3 is 0 Å². The summed E-state index contributed by atoms with van der Waals surface area (Å²) in [5, 5.41) is 0. The fourth-order valence-electron chi connectivity index (χ4n) is 0.765. The van der Waals surface area contributed by atoms with Gasteiger partial charge in [-0.15, -0.1) is 6.42 Å². The average molecular weight is 124 g/mol. The predicted molar refractivity (Wildman–Crippen MR) is 31.2 cm³/mol. The summed E-state index contributed by atoms with van der Waals surface area (Å²) in [6.07, 6.45) is 4.90. The standard InChI is InChI=1S/C7H5FO/c1-2-5-3-6(9)4-7(5)8/h1H,3-4H2. The van der Waals surface area contributed by atoms with Crippen molar-refractivity contribution in [1.29, 1.82) is 0 Å². The molecule has 2 heteroatoms. The number of rotatable bonds is 0. The van der Waals surface area contributed by atoms with Gasteiger partial charge in [-0.1, -0.05) is 5.92 Å². The van der Waals surface area contributed by atoms with E-state index in [2.05, 4.69) is 5.92 Å². The molecular formula is C7H5FO. The van der Waals surface area contributed by atoms with Crippen molar-refractivity contribution in [2.45, 2.75) is 12.8 Å². The van der Waals surface area contributed by atoms with Crippen LogP contribution in [0.15, 0.2) is 11.4 Å². The molecule has 1 aliphatic rings. The second-order valence-corrected chi connectivity index (χ2v) is 1.92. The Morgan fingerprint density at radius 2 is 2.22 bits per heavy atom. The molecule has 1 rings (SSSR count). The normalized spacial score (nSPS) is 18.4. The lowest BCUT2D eigenvalue weighted by Crippen LogP contribution is -1.86. The highest BCUT2D eigenvalue weighted by molar-refractivity contribution is 5.87. The van der Waals surface area contributed by atoms with Gasteiger partial charge in [0.25, 0.3) is 0 Å². The zero-order valence-corrected chi connectivity index (χ0v) is 4.78. The molecule has 0 N–H and O–H groups in total. The first kappa shape index (κ1) is 6.03. The fourth-order valence-corrected chi connectivity index (χ4v) is 0.765.